The van der Waals surface area contributed by atoms with Crippen LogP contribution in [0.4, 0.5) is 5.13 Å². The lowest BCUT2D eigenvalue weighted by Crippen LogP contribution is -2.57. The van der Waals surface area contributed by atoms with Gasteiger partial charge < -0.3 is 30.1 Å². The summed E-state index contributed by atoms with van der Waals surface area (Å²) in [6.45, 7) is 8.82. The van der Waals surface area contributed by atoms with Crippen LogP contribution in [0.3, 0.4) is 0 Å². The van der Waals surface area contributed by atoms with Gasteiger partial charge in [-0.05, 0) is 61.9 Å². The van der Waals surface area contributed by atoms with Crippen LogP contribution < -0.4 is 24.8 Å². The van der Waals surface area contributed by atoms with Crippen LogP contribution in [0.15, 0.2) is 89.7 Å². The van der Waals surface area contributed by atoms with Crippen molar-refractivity contribution in [3.8, 4) is 22.9 Å². The first-order valence-corrected chi connectivity index (χ1v) is 21.7. The molecule has 1 unspecified atom stereocenters. The number of nitrogens with zero attached hydrogens (tertiary/aromatic N) is 3. The van der Waals surface area contributed by atoms with Crippen molar-refractivity contribution < 1.29 is 42.2 Å². The molecule has 2 aromatic carbocycles. The molecule has 4 N–H and O–H groups in total. The number of ether oxygens (including phenoxy) is 2. The smallest absolute Gasteiger partial charge is 0.264 e. The fourth-order valence-electron chi connectivity index (χ4n) is 7.76. The van der Waals surface area contributed by atoms with Gasteiger partial charge in [-0.3, -0.25) is 19.2 Å². The number of pyridine rings is 1. The molecular formula is C42H46N6O9S2. The van der Waals surface area contributed by atoms with Crippen LogP contribution in [-0.2, 0) is 29.2 Å². The summed E-state index contributed by atoms with van der Waals surface area (Å²) >= 11 is 1.27. The number of nitrogens with one attached hydrogen (secondary N) is 3. The highest BCUT2D eigenvalue weighted by Crippen LogP contribution is 2.45. The van der Waals surface area contributed by atoms with Crippen LogP contribution in [-0.4, -0.2) is 89.5 Å². The molecule has 4 aromatic rings. The summed E-state index contributed by atoms with van der Waals surface area (Å²) < 4.78 is 40.3. The van der Waals surface area contributed by atoms with E-state index in [1.54, 1.807) is 35.7 Å². The number of carbonyl (C=O) groups excluding carboxylic acids is 4. The van der Waals surface area contributed by atoms with Gasteiger partial charge in [0.05, 0.1) is 29.8 Å². The molecule has 0 bridgehead atoms. The number of anilines is 1. The Bertz CT molecular complexity index is 2420. The SMILES string of the molecule is C=CC1C[C@]1(NC(=O)[C@@H]1C[C@@H](Oc2cc(-c3csc(NC(=O)CC4CCCC4)n3)nc3cc(OC)ccc23)CN1C(=O)[C@@H](O)C(=C)C)C(=O)NS(=O)(=O)c1ccccc1. The molecule has 3 aliphatic rings. The fourth-order valence-corrected chi connectivity index (χ4v) is 9.54. The first-order chi connectivity index (χ1) is 28.2. The second kappa shape index (κ2) is 16.9. The molecule has 17 heteroatoms. The molecule has 4 amide bonds. The van der Waals surface area contributed by atoms with Crippen molar-refractivity contribution in [1.29, 1.82) is 0 Å². The molecule has 1 saturated heterocycles. The van der Waals surface area contributed by atoms with E-state index in [1.165, 1.54) is 60.6 Å². The van der Waals surface area contributed by atoms with Crippen molar-refractivity contribution in [1.82, 2.24) is 24.9 Å². The van der Waals surface area contributed by atoms with Gasteiger partial charge in [0.1, 0.15) is 34.9 Å². The molecule has 2 aliphatic carbocycles. The average molecular weight is 843 g/mol. The minimum absolute atomic E-state index is 0.0531. The average Bonchev–Trinajstić information content (AvgIpc) is 3.63. The van der Waals surface area contributed by atoms with E-state index in [9.17, 15) is 32.7 Å². The lowest BCUT2D eigenvalue weighted by atomic mass is 10.0. The molecule has 5 atom stereocenters. The van der Waals surface area contributed by atoms with E-state index in [0.29, 0.717) is 51.3 Å². The third kappa shape index (κ3) is 8.87. The maximum absolute atomic E-state index is 14.2. The standard InChI is InChI=1S/C42H46N6O9S2/c1-5-26-21-42(26,40(53)47-59(54,55)29-13-7-6-8-14-29)46-38(51)34-19-28(22-48(34)39(52)37(50)24(2)3)57-35-20-32(43-31-18-27(56-4)15-16-30(31)35)33-23-58-41(44-33)45-36(49)17-25-11-9-10-12-25/h5-8,13-16,18,20,23,25-26,28,34,37,50H,1-2,9-12,17,19,21-22H2,3-4H3,(H,46,51)(H,47,53)(H,44,45,49)/t26?,28-,34+,37+,42-/m1/s1. The molecule has 310 valence electrons. The van der Waals surface area contributed by atoms with Crippen LogP contribution in [0.2, 0.25) is 0 Å². The number of benzene rings is 2. The lowest BCUT2D eigenvalue weighted by molar-refractivity contribution is -0.144. The number of likely N-dealkylation sites (tertiary alicyclic amines) is 1. The molecule has 0 radical (unpaired) electrons. The number of hydrogen-bond acceptors (Lipinski definition) is 12. The predicted octanol–water partition coefficient (Wildman–Crippen LogP) is 4.74. The summed E-state index contributed by atoms with van der Waals surface area (Å²) in [7, 11) is -2.75. The molecule has 0 spiro atoms. The first kappa shape index (κ1) is 41.5. The second-order valence-electron chi connectivity index (χ2n) is 15.3. The zero-order valence-corrected chi connectivity index (χ0v) is 34.3. The number of methoxy groups -OCH3 is 1. The highest BCUT2D eigenvalue weighted by Gasteiger charge is 2.61. The maximum atomic E-state index is 14.2. The molecule has 3 heterocycles. The van der Waals surface area contributed by atoms with Crippen molar-refractivity contribution in [2.75, 3.05) is 19.0 Å². The summed E-state index contributed by atoms with van der Waals surface area (Å²) in [6.07, 6.45) is 3.88. The normalized spacial score (nSPS) is 22.0. The molecule has 7 rings (SSSR count). The topological polar surface area (TPSA) is 206 Å². The Morgan fingerprint density at radius 3 is 2.51 bits per heavy atom. The van der Waals surface area contributed by atoms with Gasteiger partial charge >= 0.3 is 0 Å². The van der Waals surface area contributed by atoms with Crippen LogP contribution in [0.25, 0.3) is 22.3 Å². The number of aliphatic hydroxyl groups is 1. The van der Waals surface area contributed by atoms with Gasteiger partial charge in [0, 0.05) is 41.7 Å². The second-order valence-corrected chi connectivity index (χ2v) is 17.9. The number of rotatable bonds is 15. The highest BCUT2D eigenvalue weighted by molar-refractivity contribution is 7.90. The van der Waals surface area contributed by atoms with Crippen molar-refractivity contribution in [3.63, 3.8) is 0 Å². The molecule has 2 aromatic heterocycles. The minimum atomic E-state index is -4.28. The fraction of sp³-hybridized carbons (Fsp3) is 0.381. The zero-order valence-electron chi connectivity index (χ0n) is 32.7. The monoisotopic (exact) mass is 842 g/mol. The van der Waals surface area contributed by atoms with Crippen LogP contribution in [0, 0.1) is 11.8 Å². The maximum Gasteiger partial charge on any atom is 0.264 e. The van der Waals surface area contributed by atoms with E-state index in [-0.39, 0.29) is 35.8 Å². The summed E-state index contributed by atoms with van der Waals surface area (Å²) in [5, 5.41) is 19.3. The largest absolute Gasteiger partial charge is 0.497 e. The third-order valence-corrected chi connectivity index (χ3v) is 13.2. The van der Waals surface area contributed by atoms with E-state index in [1.807, 2.05) is 0 Å². The van der Waals surface area contributed by atoms with Crippen LogP contribution in [0.1, 0.15) is 51.9 Å². The van der Waals surface area contributed by atoms with Gasteiger partial charge in [0.25, 0.3) is 21.8 Å². The molecule has 15 nitrogen and oxygen atoms in total. The number of hydrogen-bond donors (Lipinski definition) is 4. The van der Waals surface area contributed by atoms with E-state index in [4.69, 9.17) is 14.5 Å². The Kier molecular flexibility index (Phi) is 11.9. The van der Waals surface area contributed by atoms with E-state index >= 15 is 0 Å². The Morgan fingerprint density at radius 1 is 1.08 bits per heavy atom. The van der Waals surface area contributed by atoms with Crippen LogP contribution in [0.5, 0.6) is 11.5 Å². The number of fused-ring (bicyclic) bond motifs is 1. The van der Waals surface area contributed by atoms with E-state index in [0.717, 1.165) is 25.7 Å². The molecule has 2 saturated carbocycles. The van der Waals surface area contributed by atoms with Gasteiger partial charge in [0.2, 0.25) is 11.8 Å². The van der Waals surface area contributed by atoms with Gasteiger partial charge in [-0.15, -0.1) is 17.9 Å². The molecule has 3 fully saturated rings. The molecular weight excluding hydrogens is 797 g/mol. The predicted molar refractivity (Wildman–Crippen MR) is 221 cm³/mol. The molecule has 59 heavy (non-hydrogen) atoms. The highest BCUT2D eigenvalue weighted by atomic mass is 32.2. The van der Waals surface area contributed by atoms with Crippen molar-refractivity contribution >= 4 is 61.0 Å². The Morgan fingerprint density at radius 2 is 1.83 bits per heavy atom. The number of aromatic nitrogens is 2. The minimum Gasteiger partial charge on any atom is -0.497 e. The van der Waals surface area contributed by atoms with Gasteiger partial charge in [-0.2, -0.15) is 0 Å². The van der Waals surface area contributed by atoms with E-state index in [2.05, 4.69) is 33.5 Å². The summed E-state index contributed by atoms with van der Waals surface area (Å²) in [6, 6.07) is 13.1. The van der Waals surface area contributed by atoms with Gasteiger partial charge in [-0.1, -0.05) is 43.7 Å². The summed E-state index contributed by atoms with van der Waals surface area (Å²) in [5.41, 5.74) is -0.0553. The number of thiazole rings is 1. The zero-order chi connectivity index (χ0) is 42.1. The third-order valence-electron chi connectivity index (χ3n) is 11.1. The van der Waals surface area contributed by atoms with Crippen molar-refractivity contribution in [2.45, 2.75) is 80.6 Å². The summed E-state index contributed by atoms with van der Waals surface area (Å²) in [5.74, 6) is -1.88. The Labute approximate surface area is 346 Å². The Hall–Kier alpha value is -5.65. The number of carbonyl (C=O) groups is 4. The van der Waals surface area contributed by atoms with Crippen molar-refractivity contribution in [3.05, 3.63) is 84.8 Å². The number of amides is 4. The lowest BCUT2D eigenvalue weighted by Gasteiger charge is -2.28. The number of sulfonamides is 1. The first-order valence-electron chi connectivity index (χ1n) is 19.3. The van der Waals surface area contributed by atoms with Crippen LogP contribution >= 0.6 is 11.3 Å². The number of aliphatic hydroxyl groups excluding tert-OH is 1. The van der Waals surface area contributed by atoms with E-state index < -0.39 is 57.5 Å². The van der Waals surface area contributed by atoms with Gasteiger partial charge in [-0.25, -0.2) is 23.1 Å². The Balaban J connectivity index is 1.15. The molecule has 1 aliphatic heterocycles. The van der Waals surface area contributed by atoms with Gasteiger partial charge in [0.15, 0.2) is 11.2 Å². The summed E-state index contributed by atoms with van der Waals surface area (Å²) in [4.78, 5) is 64.9. The quantitative estimate of drug-likeness (QED) is 0.120. The van der Waals surface area contributed by atoms with Crippen molar-refractivity contribution in [2.24, 2.45) is 11.8 Å².